The molecule has 62 valence electrons. The molecular formula is C8H14NO2+. The van der Waals surface area contributed by atoms with E-state index >= 15 is 0 Å². The number of rotatable bonds is 3. The zero-order valence-corrected chi connectivity index (χ0v) is 7.20. The third-order valence-corrected chi connectivity index (χ3v) is 0.859. The number of carbonyl (C=O) groups is 1. The topological polar surface area (TPSA) is 26.3 Å². The molecule has 0 aliphatic carbocycles. The van der Waals surface area contributed by atoms with Crippen LogP contribution in [0.4, 0.5) is 0 Å². The maximum Gasteiger partial charge on any atom is 0.335 e. The zero-order chi connectivity index (χ0) is 8.91. The van der Waals surface area contributed by atoms with Crippen LogP contribution in [0.25, 0.3) is 0 Å². The van der Waals surface area contributed by atoms with Gasteiger partial charge in [-0.05, 0) is 0 Å². The van der Waals surface area contributed by atoms with Crippen LogP contribution in [0.2, 0.25) is 0 Å². The predicted octanol–water partition coefficient (Wildman–Crippen LogP) is 0.893. The Kier molecular flexibility index (Phi) is 3.54. The van der Waals surface area contributed by atoms with Crippen LogP contribution in [0.3, 0.4) is 0 Å². The number of nitrogens with zero attached hydrogens (tertiary/aromatic N) is 1. The lowest BCUT2D eigenvalue weighted by Crippen LogP contribution is -2.26. The van der Waals surface area contributed by atoms with Crippen LogP contribution in [0.15, 0.2) is 25.1 Å². The molecule has 0 N–H and O–H groups in total. The fourth-order valence-electron chi connectivity index (χ4n) is 0.328. The van der Waals surface area contributed by atoms with E-state index in [-0.39, 0.29) is 0 Å². The summed E-state index contributed by atoms with van der Waals surface area (Å²) in [5, 5.41) is 0. The van der Waals surface area contributed by atoms with Crippen molar-refractivity contribution in [3.05, 3.63) is 25.1 Å². The second kappa shape index (κ2) is 3.93. The molecular weight excluding hydrogens is 142 g/mol. The van der Waals surface area contributed by atoms with Crippen LogP contribution in [0, 0.1) is 0 Å². The minimum atomic E-state index is -0.435. The van der Waals surface area contributed by atoms with Crippen molar-refractivity contribution >= 4 is 5.97 Å². The molecule has 0 aromatic rings. The van der Waals surface area contributed by atoms with E-state index in [1.165, 1.54) is 6.26 Å². The summed E-state index contributed by atoms with van der Waals surface area (Å²) in [6.07, 6.45) is 4.24. The van der Waals surface area contributed by atoms with Crippen molar-refractivity contribution in [2.75, 3.05) is 21.1 Å². The van der Waals surface area contributed by atoms with E-state index < -0.39 is 5.97 Å². The number of ether oxygens (including phenoxy) is 1. The standard InChI is InChI=1S/C8H14NO2/c1-5-8(10)11-7-6-9(2,3)4/h5-7H,1H2,2-4H3/q+1. The molecule has 0 radical (unpaired) electrons. The Morgan fingerprint density at radius 1 is 1.45 bits per heavy atom. The van der Waals surface area contributed by atoms with Gasteiger partial charge in [-0.3, -0.25) is 0 Å². The molecule has 0 unspecified atom stereocenters. The first-order valence-corrected chi connectivity index (χ1v) is 3.27. The van der Waals surface area contributed by atoms with Gasteiger partial charge in [0.1, 0.15) is 12.5 Å². The lowest BCUT2D eigenvalue weighted by atomic mass is 10.6. The molecule has 0 atom stereocenters. The van der Waals surface area contributed by atoms with Crippen LogP contribution in [0.5, 0.6) is 0 Å². The Balaban J connectivity index is 3.78. The number of hydrogen-bond acceptors (Lipinski definition) is 2. The predicted molar refractivity (Wildman–Crippen MR) is 43.5 cm³/mol. The smallest absolute Gasteiger partial charge is 0.335 e. The first kappa shape index (κ1) is 9.91. The third-order valence-electron chi connectivity index (χ3n) is 0.859. The molecule has 0 fully saturated rings. The number of esters is 1. The summed E-state index contributed by atoms with van der Waals surface area (Å²) in [5.74, 6) is -0.435. The first-order valence-electron chi connectivity index (χ1n) is 3.27. The Hall–Kier alpha value is -1.09. The maximum atomic E-state index is 10.5. The summed E-state index contributed by atoms with van der Waals surface area (Å²) in [5.41, 5.74) is 0. The molecule has 0 aromatic heterocycles. The van der Waals surface area contributed by atoms with Crippen molar-refractivity contribution in [1.82, 2.24) is 0 Å². The molecule has 0 spiro atoms. The molecule has 0 heterocycles. The summed E-state index contributed by atoms with van der Waals surface area (Å²) in [7, 11) is 5.87. The average molecular weight is 156 g/mol. The molecule has 0 aliphatic heterocycles. The molecule has 3 heteroatoms. The highest BCUT2D eigenvalue weighted by Crippen LogP contribution is 1.92. The lowest BCUT2D eigenvalue weighted by Gasteiger charge is -2.16. The Labute approximate surface area is 67.2 Å². The van der Waals surface area contributed by atoms with E-state index in [1.54, 1.807) is 6.20 Å². The summed E-state index contributed by atoms with van der Waals surface area (Å²) in [6, 6.07) is 0. The van der Waals surface area contributed by atoms with Crippen LogP contribution < -0.4 is 0 Å². The third kappa shape index (κ3) is 6.80. The van der Waals surface area contributed by atoms with Gasteiger partial charge in [0.25, 0.3) is 0 Å². The van der Waals surface area contributed by atoms with Crippen molar-refractivity contribution in [2.45, 2.75) is 0 Å². The fourth-order valence-corrected chi connectivity index (χ4v) is 0.328. The zero-order valence-electron chi connectivity index (χ0n) is 7.20. The van der Waals surface area contributed by atoms with Crippen LogP contribution >= 0.6 is 0 Å². The van der Waals surface area contributed by atoms with Crippen LogP contribution in [-0.4, -0.2) is 31.6 Å². The van der Waals surface area contributed by atoms with Gasteiger partial charge >= 0.3 is 5.97 Å². The van der Waals surface area contributed by atoms with Gasteiger partial charge in [-0.25, -0.2) is 4.79 Å². The van der Waals surface area contributed by atoms with Crippen LogP contribution in [-0.2, 0) is 9.53 Å². The van der Waals surface area contributed by atoms with E-state index in [1.807, 2.05) is 21.1 Å². The van der Waals surface area contributed by atoms with Crippen molar-refractivity contribution < 1.29 is 14.0 Å². The van der Waals surface area contributed by atoms with Gasteiger partial charge in [0.2, 0.25) is 0 Å². The van der Waals surface area contributed by atoms with Gasteiger partial charge in [-0.2, -0.15) is 0 Å². The molecule has 0 amide bonds. The minimum Gasteiger partial charge on any atom is -0.426 e. The molecule has 0 saturated heterocycles. The van der Waals surface area contributed by atoms with Gasteiger partial charge in [-0.1, -0.05) is 6.58 Å². The second-order valence-electron chi connectivity index (χ2n) is 3.04. The summed E-state index contributed by atoms with van der Waals surface area (Å²) >= 11 is 0. The summed E-state index contributed by atoms with van der Waals surface area (Å²) in [6.45, 7) is 3.26. The highest BCUT2D eigenvalue weighted by Gasteiger charge is 1.99. The maximum absolute atomic E-state index is 10.5. The Bertz CT molecular complexity index is 177. The number of carbonyl (C=O) groups excluding carboxylic acids is 1. The lowest BCUT2D eigenvalue weighted by molar-refractivity contribution is -0.817. The molecule has 0 saturated carbocycles. The largest absolute Gasteiger partial charge is 0.426 e. The monoisotopic (exact) mass is 156 g/mol. The number of hydrogen-bond donors (Lipinski definition) is 0. The van der Waals surface area contributed by atoms with Crippen molar-refractivity contribution in [3.63, 3.8) is 0 Å². The van der Waals surface area contributed by atoms with Gasteiger partial charge < -0.3 is 9.22 Å². The highest BCUT2D eigenvalue weighted by atomic mass is 16.5. The summed E-state index contributed by atoms with van der Waals surface area (Å²) in [4.78, 5) is 10.5. The van der Waals surface area contributed by atoms with Gasteiger partial charge in [0.15, 0.2) is 0 Å². The molecule has 11 heavy (non-hydrogen) atoms. The first-order chi connectivity index (χ1) is 4.95. The highest BCUT2D eigenvalue weighted by molar-refractivity contribution is 5.81. The van der Waals surface area contributed by atoms with E-state index in [2.05, 4.69) is 11.3 Å². The summed E-state index contributed by atoms with van der Waals surface area (Å²) < 4.78 is 5.23. The van der Waals surface area contributed by atoms with Gasteiger partial charge in [-0.15, -0.1) is 0 Å². The van der Waals surface area contributed by atoms with Gasteiger partial charge in [0, 0.05) is 6.08 Å². The normalized spacial score (nSPS) is 11.5. The van der Waals surface area contributed by atoms with E-state index in [9.17, 15) is 4.79 Å². The molecule has 3 nitrogen and oxygen atoms in total. The second-order valence-corrected chi connectivity index (χ2v) is 3.04. The van der Waals surface area contributed by atoms with E-state index in [4.69, 9.17) is 0 Å². The Morgan fingerprint density at radius 3 is 2.36 bits per heavy atom. The molecule has 0 aromatic carbocycles. The number of quaternary nitrogens is 1. The quantitative estimate of drug-likeness (QED) is 0.262. The van der Waals surface area contributed by atoms with Crippen molar-refractivity contribution in [3.8, 4) is 0 Å². The minimum absolute atomic E-state index is 0.435. The van der Waals surface area contributed by atoms with Crippen LogP contribution in [0.1, 0.15) is 0 Å². The molecule has 0 bridgehead atoms. The molecule has 0 rings (SSSR count). The molecule has 0 aliphatic rings. The van der Waals surface area contributed by atoms with Crippen molar-refractivity contribution in [2.24, 2.45) is 0 Å². The average Bonchev–Trinajstić information content (AvgIpc) is 1.85. The van der Waals surface area contributed by atoms with E-state index in [0.29, 0.717) is 4.48 Å². The SMILES string of the molecule is C=CC(=O)OC=C[N+](C)(C)C. The van der Waals surface area contributed by atoms with Crippen molar-refractivity contribution in [1.29, 1.82) is 0 Å². The Morgan fingerprint density at radius 2 is 2.00 bits per heavy atom. The van der Waals surface area contributed by atoms with E-state index in [0.717, 1.165) is 6.08 Å². The fraction of sp³-hybridized carbons (Fsp3) is 0.375. The van der Waals surface area contributed by atoms with Gasteiger partial charge in [0.05, 0.1) is 21.1 Å².